The molecule has 0 aromatic heterocycles. The van der Waals surface area contributed by atoms with Crippen molar-refractivity contribution in [2.24, 2.45) is 0 Å². The fraction of sp³-hybridized carbons (Fsp3) is 0.571. The largest absolute Gasteiger partial charge is 0.480 e. The van der Waals surface area contributed by atoms with Gasteiger partial charge >= 0.3 is 18.0 Å². The van der Waals surface area contributed by atoms with E-state index in [1.807, 2.05) is 0 Å². The third-order valence-electron chi connectivity index (χ3n) is 2.24. The van der Waals surface area contributed by atoms with Gasteiger partial charge in [-0.25, -0.2) is 14.4 Å². The number of hydrogen-bond donors (Lipinski definition) is 2. The molecule has 0 bridgehead atoms. The van der Waals surface area contributed by atoms with Crippen molar-refractivity contribution >= 4 is 18.0 Å². The monoisotopic (exact) mass is 202 g/mol. The lowest BCUT2D eigenvalue weighted by Crippen LogP contribution is -2.46. The summed E-state index contributed by atoms with van der Waals surface area (Å²) in [5.41, 5.74) is 0. The zero-order chi connectivity index (χ0) is 11.0. The van der Waals surface area contributed by atoms with E-state index in [1.165, 1.54) is 14.1 Å². The van der Waals surface area contributed by atoms with Crippen molar-refractivity contribution in [3.63, 3.8) is 0 Å². The second-order valence-corrected chi connectivity index (χ2v) is 3.07. The Morgan fingerprint density at radius 3 is 1.57 bits per heavy atom. The maximum absolute atomic E-state index is 11.3. The molecule has 14 heavy (non-hydrogen) atoms. The second-order valence-electron chi connectivity index (χ2n) is 3.07. The number of nitrogens with zero attached hydrogens (tertiary/aromatic N) is 2. The van der Waals surface area contributed by atoms with Crippen molar-refractivity contribution in [2.45, 2.75) is 12.1 Å². The smallest absolute Gasteiger partial charge is 0.329 e. The molecule has 1 heterocycles. The number of hydrogen-bond acceptors (Lipinski definition) is 3. The van der Waals surface area contributed by atoms with Gasteiger partial charge in [0.25, 0.3) is 0 Å². The quantitative estimate of drug-likeness (QED) is 0.591. The van der Waals surface area contributed by atoms with Crippen LogP contribution in [0.3, 0.4) is 0 Å². The molecule has 0 spiro atoms. The Hall–Kier alpha value is -1.79. The average Bonchev–Trinajstić information content (AvgIpc) is 2.29. The molecule has 2 atom stereocenters. The minimum Gasteiger partial charge on any atom is -0.480 e. The van der Waals surface area contributed by atoms with Crippen molar-refractivity contribution in [2.75, 3.05) is 14.1 Å². The lowest BCUT2D eigenvalue weighted by atomic mass is 10.1. The Morgan fingerprint density at radius 2 is 1.36 bits per heavy atom. The van der Waals surface area contributed by atoms with E-state index in [4.69, 9.17) is 10.2 Å². The van der Waals surface area contributed by atoms with Crippen molar-refractivity contribution < 1.29 is 24.6 Å². The highest BCUT2D eigenvalue weighted by atomic mass is 16.4. The minimum atomic E-state index is -1.33. The van der Waals surface area contributed by atoms with Gasteiger partial charge in [0.1, 0.15) is 0 Å². The molecule has 0 aliphatic carbocycles. The molecular weight excluding hydrogens is 192 g/mol. The molecule has 78 valence electrons. The van der Waals surface area contributed by atoms with E-state index in [2.05, 4.69) is 0 Å². The summed E-state index contributed by atoms with van der Waals surface area (Å²) < 4.78 is 0. The number of urea groups is 1. The van der Waals surface area contributed by atoms with Crippen LogP contribution in [-0.2, 0) is 9.59 Å². The van der Waals surface area contributed by atoms with E-state index in [1.54, 1.807) is 0 Å². The van der Waals surface area contributed by atoms with Gasteiger partial charge in [-0.3, -0.25) is 0 Å². The first kappa shape index (κ1) is 10.3. The van der Waals surface area contributed by atoms with Gasteiger partial charge in [0.05, 0.1) is 0 Å². The average molecular weight is 202 g/mol. The van der Waals surface area contributed by atoms with E-state index in [9.17, 15) is 14.4 Å². The van der Waals surface area contributed by atoms with E-state index in [0.717, 1.165) is 9.80 Å². The first-order valence-corrected chi connectivity index (χ1v) is 3.83. The minimum absolute atomic E-state index is 0.607. The Labute approximate surface area is 79.5 Å². The number of carbonyl (C=O) groups is 3. The molecule has 0 radical (unpaired) electrons. The van der Waals surface area contributed by atoms with Crippen LogP contribution in [0.5, 0.6) is 0 Å². The van der Waals surface area contributed by atoms with Crippen LogP contribution in [0.25, 0.3) is 0 Å². The van der Waals surface area contributed by atoms with E-state index < -0.39 is 30.1 Å². The van der Waals surface area contributed by atoms with Crippen LogP contribution in [0.2, 0.25) is 0 Å². The molecule has 2 N–H and O–H groups in total. The van der Waals surface area contributed by atoms with Gasteiger partial charge in [-0.15, -0.1) is 0 Å². The summed E-state index contributed by atoms with van der Waals surface area (Å²) in [7, 11) is 2.53. The van der Waals surface area contributed by atoms with Crippen LogP contribution in [0.1, 0.15) is 0 Å². The summed E-state index contributed by atoms with van der Waals surface area (Å²) in [6.45, 7) is 0. The van der Waals surface area contributed by atoms with Gasteiger partial charge in [0.15, 0.2) is 12.1 Å². The van der Waals surface area contributed by atoms with Crippen LogP contribution in [0.15, 0.2) is 0 Å². The lowest BCUT2D eigenvalue weighted by molar-refractivity contribution is -0.150. The van der Waals surface area contributed by atoms with Crippen LogP contribution in [-0.4, -0.2) is 64.2 Å². The summed E-state index contributed by atoms with van der Waals surface area (Å²) in [5.74, 6) is -2.64. The van der Waals surface area contributed by atoms with Crippen molar-refractivity contribution in [3.8, 4) is 0 Å². The maximum atomic E-state index is 11.3. The molecule has 7 nitrogen and oxygen atoms in total. The van der Waals surface area contributed by atoms with Gasteiger partial charge < -0.3 is 20.0 Å². The summed E-state index contributed by atoms with van der Waals surface area (Å²) in [6, 6.07) is -3.26. The number of carbonyl (C=O) groups excluding carboxylic acids is 1. The van der Waals surface area contributed by atoms with E-state index in [0.29, 0.717) is 0 Å². The zero-order valence-electron chi connectivity index (χ0n) is 7.67. The molecule has 1 aliphatic rings. The highest BCUT2D eigenvalue weighted by Crippen LogP contribution is 2.20. The summed E-state index contributed by atoms with van der Waals surface area (Å²) in [4.78, 5) is 34.5. The molecule has 0 saturated carbocycles. The zero-order valence-corrected chi connectivity index (χ0v) is 7.67. The predicted molar refractivity (Wildman–Crippen MR) is 43.8 cm³/mol. The van der Waals surface area contributed by atoms with Crippen LogP contribution < -0.4 is 0 Å². The van der Waals surface area contributed by atoms with Gasteiger partial charge in [0, 0.05) is 14.1 Å². The normalized spacial score (nSPS) is 26.9. The number of likely N-dealkylation sites (N-methyl/N-ethyl adjacent to an activating group) is 2. The fourth-order valence-electron chi connectivity index (χ4n) is 1.51. The molecular formula is C7H10N2O5. The highest BCUT2D eigenvalue weighted by Gasteiger charge is 2.50. The molecule has 0 aromatic carbocycles. The molecule has 1 rings (SSSR count). The van der Waals surface area contributed by atoms with Gasteiger partial charge in [-0.1, -0.05) is 0 Å². The number of aliphatic carboxylic acids is 2. The summed E-state index contributed by atoms with van der Waals surface area (Å²) >= 11 is 0. The number of carboxylic acid groups (broad SMARTS) is 2. The topological polar surface area (TPSA) is 98.2 Å². The third-order valence-corrected chi connectivity index (χ3v) is 2.24. The molecule has 1 aliphatic heterocycles. The van der Waals surface area contributed by atoms with Crippen molar-refractivity contribution in [3.05, 3.63) is 0 Å². The second kappa shape index (κ2) is 3.17. The number of amides is 2. The summed E-state index contributed by atoms with van der Waals surface area (Å²) in [6.07, 6.45) is 0. The highest BCUT2D eigenvalue weighted by molar-refractivity contribution is 5.95. The summed E-state index contributed by atoms with van der Waals surface area (Å²) in [5, 5.41) is 17.5. The third kappa shape index (κ3) is 1.26. The van der Waals surface area contributed by atoms with E-state index in [-0.39, 0.29) is 0 Å². The van der Waals surface area contributed by atoms with Gasteiger partial charge in [-0.2, -0.15) is 0 Å². The number of carboxylic acids is 2. The predicted octanol–water partition coefficient (Wildman–Crippen LogP) is -1.11. The Balaban J connectivity index is 3.07. The van der Waals surface area contributed by atoms with Crippen LogP contribution >= 0.6 is 0 Å². The lowest BCUT2D eigenvalue weighted by Gasteiger charge is -2.16. The molecule has 1 fully saturated rings. The SMILES string of the molecule is CN1C(=O)N(C)[C@@H](C(=O)O)[C@H]1C(=O)O. The first-order chi connectivity index (χ1) is 6.37. The van der Waals surface area contributed by atoms with Crippen molar-refractivity contribution in [1.82, 2.24) is 9.80 Å². The Morgan fingerprint density at radius 1 is 1.07 bits per heavy atom. The first-order valence-electron chi connectivity index (χ1n) is 3.83. The standard InChI is InChI=1S/C7H10N2O5/c1-8-3(5(10)11)4(6(12)13)9(2)7(8)14/h3-4H,1-2H3,(H,10,11)(H,12,13)/t3-,4+. The fourth-order valence-corrected chi connectivity index (χ4v) is 1.51. The molecule has 0 aromatic rings. The van der Waals surface area contributed by atoms with Crippen LogP contribution in [0, 0.1) is 0 Å². The molecule has 7 heteroatoms. The van der Waals surface area contributed by atoms with Gasteiger partial charge in [-0.05, 0) is 0 Å². The molecule has 1 saturated heterocycles. The van der Waals surface area contributed by atoms with E-state index >= 15 is 0 Å². The van der Waals surface area contributed by atoms with Gasteiger partial charge in [0.2, 0.25) is 0 Å². The maximum Gasteiger partial charge on any atom is 0.329 e. The Kier molecular flexibility index (Phi) is 2.33. The number of rotatable bonds is 2. The Bertz CT molecular complexity index is 274. The molecule has 0 unspecified atom stereocenters. The molecule has 2 amide bonds. The van der Waals surface area contributed by atoms with Crippen LogP contribution in [0.4, 0.5) is 4.79 Å². The van der Waals surface area contributed by atoms with Crippen molar-refractivity contribution in [1.29, 1.82) is 0 Å².